The van der Waals surface area contributed by atoms with Crippen molar-refractivity contribution in [2.75, 3.05) is 0 Å². The zero-order valence-electron chi connectivity index (χ0n) is 10.1. The van der Waals surface area contributed by atoms with E-state index in [0.29, 0.717) is 9.79 Å². The van der Waals surface area contributed by atoms with Crippen LogP contribution in [0.4, 0.5) is 13.2 Å². The smallest absolute Gasteiger partial charge is 0.249 e. The first-order valence-corrected chi connectivity index (χ1v) is 6.69. The van der Waals surface area contributed by atoms with Crippen molar-refractivity contribution in [1.82, 2.24) is 0 Å². The van der Waals surface area contributed by atoms with Crippen LogP contribution >= 0.6 is 0 Å². The third kappa shape index (κ3) is 3.04. The molecule has 0 aliphatic heterocycles. The topological polar surface area (TPSA) is 17.1 Å². The van der Waals surface area contributed by atoms with Crippen molar-refractivity contribution in [2.24, 2.45) is 0 Å². The van der Waals surface area contributed by atoms with Crippen molar-refractivity contribution in [1.29, 1.82) is 0 Å². The fourth-order valence-corrected chi connectivity index (χ4v) is 2.86. The SMILES string of the molecule is Cc1ccccc1S(=O)c1ccc(C(F)(F)F)cc1. The molecular formula is C14H11F3OS. The largest absolute Gasteiger partial charge is 0.416 e. The number of aryl methyl sites for hydroxylation is 1. The van der Waals surface area contributed by atoms with E-state index in [-0.39, 0.29) is 0 Å². The molecule has 0 heterocycles. The summed E-state index contributed by atoms with van der Waals surface area (Å²) in [5, 5.41) is 0. The highest BCUT2D eigenvalue weighted by Gasteiger charge is 2.30. The minimum Gasteiger partial charge on any atom is -0.249 e. The van der Waals surface area contributed by atoms with Gasteiger partial charge in [0, 0.05) is 9.79 Å². The van der Waals surface area contributed by atoms with E-state index in [2.05, 4.69) is 0 Å². The Morgan fingerprint density at radius 1 is 0.947 bits per heavy atom. The molecule has 0 radical (unpaired) electrons. The number of alkyl halides is 3. The first-order valence-electron chi connectivity index (χ1n) is 5.54. The van der Waals surface area contributed by atoms with Crippen LogP contribution in [0.1, 0.15) is 11.1 Å². The van der Waals surface area contributed by atoms with E-state index in [1.54, 1.807) is 12.1 Å². The maximum atomic E-state index is 12.4. The molecule has 5 heteroatoms. The molecule has 0 aliphatic carbocycles. The predicted molar refractivity (Wildman–Crippen MR) is 67.3 cm³/mol. The molecule has 0 saturated heterocycles. The van der Waals surface area contributed by atoms with Crippen molar-refractivity contribution in [3.8, 4) is 0 Å². The first-order chi connectivity index (χ1) is 8.89. The maximum Gasteiger partial charge on any atom is 0.416 e. The van der Waals surface area contributed by atoms with Gasteiger partial charge in [-0.25, -0.2) is 4.21 Å². The summed E-state index contributed by atoms with van der Waals surface area (Å²) < 4.78 is 49.6. The lowest BCUT2D eigenvalue weighted by Crippen LogP contribution is -2.05. The number of hydrogen-bond donors (Lipinski definition) is 0. The van der Waals surface area contributed by atoms with Gasteiger partial charge in [-0.2, -0.15) is 13.2 Å². The van der Waals surface area contributed by atoms with E-state index in [1.807, 2.05) is 19.1 Å². The van der Waals surface area contributed by atoms with E-state index in [0.717, 1.165) is 17.7 Å². The van der Waals surface area contributed by atoms with Crippen molar-refractivity contribution < 1.29 is 17.4 Å². The minimum absolute atomic E-state index is 0.363. The molecule has 0 aromatic heterocycles. The van der Waals surface area contributed by atoms with Crippen molar-refractivity contribution in [2.45, 2.75) is 22.9 Å². The van der Waals surface area contributed by atoms with Gasteiger partial charge in [-0.05, 0) is 42.8 Å². The van der Waals surface area contributed by atoms with Gasteiger partial charge in [0.05, 0.1) is 16.4 Å². The standard InChI is InChI=1S/C14H11F3OS/c1-10-4-2-3-5-13(10)19(18)12-8-6-11(7-9-12)14(15,16)17/h2-9H,1H3. The molecule has 100 valence electrons. The first kappa shape index (κ1) is 13.8. The lowest BCUT2D eigenvalue weighted by atomic mass is 10.2. The molecule has 0 fully saturated rings. The lowest BCUT2D eigenvalue weighted by Gasteiger charge is -2.08. The Morgan fingerprint density at radius 2 is 1.53 bits per heavy atom. The van der Waals surface area contributed by atoms with Gasteiger partial charge in [-0.15, -0.1) is 0 Å². The average Bonchev–Trinajstić information content (AvgIpc) is 2.38. The highest BCUT2D eigenvalue weighted by Crippen LogP contribution is 2.30. The zero-order valence-corrected chi connectivity index (χ0v) is 10.9. The molecule has 0 bridgehead atoms. The quantitative estimate of drug-likeness (QED) is 0.808. The van der Waals surface area contributed by atoms with Crippen molar-refractivity contribution >= 4 is 10.8 Å². The second-order valence-electron chi connectivity index (χ2n) is 4.06. The van der Waals surface area contributed by atoms with Gasteiger partial charge in [-0.1, -0.05) is 18.2 Å². The molecule has 1 atom stereocenters. The fourth-order valence-electron chi connectivity index (χ4n) is 1.66. The summed E-state index contributed by atoms with van der Waals surface area (Å²) in [6.07, 6.45) is -4.37. The average molecular weight is 284 g/mol. The van der Waals surface area contributed by atoms with Crippen molar-refractivity contribution in [3.05, 3.63) is 59.7 Å². The highest BCUT2D eigenvalue weighted by molar-refractivity contribution is 7.85. The zero-order chi connectivity index (χ0) is 14.0. The van der Waals surface area contributed by atoms with E-state index in [1.165, 1.54) is 12.1 Å². The second kappa shape index (κ2) is 5.17. The summed E-state index contributed by atoms with van der Waals surface area (Å²) in [4.78, 5) is 0.976. The maximum absolute atomic E-state index is 12.4. The monoisotopic (exact) mass is 284 g/mol. The molecule has 2 rings (SSSR count). The van der Waals surface area contributed by atoms with Crippen LogP contribution in [0.2, 0.25) is 0 Å². The van der Waals surface area contributed by atoms with Crippen LogP contribution in [-0.4, -0.2) is 4.21 Å². The number of rotatable bonds is 2. The van der Waals surface area contributed by atoms with Crippen LogP contribution in [0.25, 0.3) is 0 Å². The summed E-state index contributed by atoms with van der Waals surface area (Å²) in [7, 11) is -1.46. The van der Waals surface area contributed by atoms with Crippen LogP contribution in [0.5, 0.6) is 0 Å². The summed E-state index contributed by atoms with van der Waals surface area (Å²) in [5.41, 5.74) is 0.110. The fraction of sp³-hybridized carbons (Fsp3) is 0.143. The van der Waals surface area contributed by atoms with Gasteiger partial charge in [0.25, 0.3) is 0 Å². The molecule has 0 spiro atoms. The molecule has 0 saturated carbocycles. The van der Waals surface area contributed by atoms with E-state index < -0.39 is 22.5 Å². The van der Waals surface area contributed by atoms with Crippen LogP contribution in [0.3, 0.4) is 0 Å². The third-order valence-electron chi connectivity index (χ3n) is 2.69. The molecule has 0 aliphatic rings. The van der Waals surface area contributed by atoms with Crippen LogP contribution in [0.15, 0.2) is 58.3 Å². The summed E-state index contributed by atoms with van der Waals surface area (Å²) in [6.45, 7) is 1.82. The highest BCUT2D eigenvalue weighted by atomic mass is 32.2. The van der Waals surface area contributed by atoms with Gasteiger partial charge in [0.15, 0.2) is 0 Å². The Bertz CT molecular complexity index is 603. The van der Waals surface area contributed by atoms with Gasteiger partial charge < -0.3 is 0 Å². The molecular weight excluding hydrogens is 273 g/mol. The summed E-state index contributed by atoms with van der Waals surface area (Å²) in [6, 6.07) is 11.5. The number of halogens is 3. The lowest BCUT2D eigenvalue weighted by molar-refractivity contribution is -0.137. The van der Waals surface area contributed by atoms with Crippen LogP contribution < -0.4 is 0 Å². The second-order valence-corrected chi connectivity index (χ2v) is 5.51. The molecule has 1 unspecified atom stereocenters. The van der Waals surface area contributed by atoms with Crippen LogP contribution in [-0.2, 0) is 17.0 Å². The van der Waals surface area contributed by atoms with Crippen molar-refractivity contribution in [3.63, 3.8) is 0 Å². The Morgan fingerprint density at radius 3 is 2.05 bits per heavy atom. The normalized spacial score (nSPS) is 13.3. The summed E-state index contributed by atoms with van der Waals surface area (Å²) in [5.74, 6) is 0. The Labute approximate surface area is 111 Å². The number of hydrogen-bond acceptors (Lipinski definition) is 1. The third-order valence-corrected chi connectivity index (χ3v) is 4.25. The summed E-state index contributed by atoms with van der Waals surface area (Å²) >= 11 is 0. The van der Waals surface area contributed by atoms with E-state index in [4.69, 9.17) is 0 Å². The predicted octanol–water partition coefficient (Wildman–Crippen LogP) is 4.18. The van der Waals surface area contributed by atoms with E-state index in [9.17, 15) is 17.4 Å². The van der Waals surface area contributed by atoms with E-state index >= 15 is 0 Å². The molecule has 2 aromatic rings. The molecule has 19 heavy (non-hydrogen) atoms. The molecule has 2 aromatic carbocycles. The Balaban J connectivity index is 2.34. The van der Waals surface area contributed by atoms with Gasteiger partial charge in [0.2, 0.25) is 0 Å². The Kier molecular flexibility index (Phi) is 3.75. The van der Waals surface area contributed by atoms with Crippen LogP contribution in [0, 0.1) is 6.92 Å². The molecule has 0 amide bonds. The number of benzene rings is 2. The van der Waals surface area contributed by atoms with Gasteiger partial charge >= 0.3 is 6.18 Å². The molecule has 1 nitrogen and oxygen atoms in total. The Hall–Kier alpha value is -1.62. The van der Waals surface area contributed by atoms with Gasteiger partial charge in [-0.3, -0.25) is 0 Å². The van der Waals surface area contributed by atoms with Gasteiger partial charge in [0.1, 0.15) is 0 Å². The molecule has 0 N–H and O–H groups in total. The minimum atomic E-state index is -4.37.